The van der Waals surface area contributed by atoms with E-state index in [4.69, 9.17) is 5.11 Å². The summed E-state index contributed by atoms with van der Waals surface area (Å²) >= 11 is 0. The fourth-order valence-corrected chi connectivity index (χ4v) is 1.76. The molecule has 1 atom stereocenters. The number of hydrogen-bond acceptors (Lipinski definition) is 3. The molecule has 0 aliphatic rings. The number of aromatic nitrogens is 2. The third kappa shape index (κ3) is 3.03. The molecule has 6 nitrogen and oxygen atoms in total. The number of amides is 1. The highest BCUT2D eigenvalue weighted by Crippen LogP contribution is 2.13. The van der Waals surface area contributed by atoms with Crippen LogP contribution in [0.5, 0.6) is 0 Å². The molecule has 104 valence electrons. The van der Waals surface area contributed by atoms with Crippen molar-refractivity contribution < 1.29 is 14.7 Å². The predicted octanol–water partition coefficient (Wildman–Crippen LogP) is 2.09. The van der Waals surface area contributed by atoms with Gasteiger partial charge in [-0.2, -0.15) is 5.10 Å². The third-order valence-electron chi connectivity index (χ3n) is 2.89. The predicted molar refractivity (Wildman–Crippen MR) is 73.7 cm³/mol. The van der Waals surface area contributed by atoms with Crippen LogP contribution in [0.25, 0.3) is 0 Å². The Morgan fingerprint density at radius 2 is 2.10 bits per heavy atom. The molecule has 0 aliphatic carbocycles. The van der Waals surface area contributed by atoms with Crippen LogP contribution in [0, 0.1) is 6.92 Å². The van der Waals surface area contributed by atoms with Crippen molar-refractivity contribution in [3.8, 4) is 0 Å². The fraction of sp³-hybridized carbons (Fsp3) is 0.214. The topological polar surface area (TPSA) is 84.2 Å². The van der Waals surface area contributed by atoms with Crippen molar-refractivity contribution in [2.45, 2.75) is 19.9 Å². The van der Waals surface area contributed by atoms with E-state index in [1.54, 1.807) is 13.0 Å². The lowest BCUT2D eigenvalue weighted by molar-refractivity contribution is -0.119. The summed E-state index contributed by atoms with van der Waals surface area (Å²) in [5, 5.41) is 15.4. The number of rotatable bonds is 4. The minimum atomic E-state index is -1.12. The molecule has 1 amide bonds. The molecule has 6 heteroatoms. The fourth-order valence-electron chi connectivity index (χ4n) is 1.76. The first-order valence-corrected chi connectivity index (χ1v) is 6.13. The van der Waals surface area contributed by atoms with Crippen LogP contribution < -0.4 is 5.32 Å². The molecule has 20 heavy (non-hydrogen) atoms. The highest BCUT2D eigenvalue weighted by atomic mass is 16.4. The maximum atomic E-state index is 12.1. The van der Waals surface area contributed by atoms with Gasteiger partial charge in [-0.1, -0.05) is 12.1 Å². The van der Waals surface area contributed by atoms with E-state index in [1.807, 2.05) is 25.1 Å². The maximum absolute atomic E-state index is 12.1. The number of benzene rings is 1. The summed E-state index contributed by atoms with van der Waals surface area (Å²) in [4.78, 5) is 22.8. The van der Waals surface area contributed by atoms with Gasteiger partial charge in [0.2, 0.25) is 5.91 Å². The van der Waals surface area contributed by atoms with Gasteiger partial charge in [-0.3, -0.25) is 9.48 Å². The number of aryl methyl sites for hydroxylation is 1. The highest BCUT2D eigenvalue weighted by Gasteiger charge is 2.17. The van der Waals surface area contributed by atoms with Gasteiger partial charge in [0.1, 0.15) is 6.04 Å². The molecule has 0 radical (unpaired) electrons. The molecular weight excluding hydrogens is 258 g/mol. The summed E-state index contributed by atoms with van der Waals surface area (Å²) in [5.41, 5.74) is 1.66. The van der Waals surface area contributed by atoms with E-state index in [2.05, 4.69) is 10.4 Å². The zero-order chi connectivity index (χ0) is 14.7. The molecule has 1 heterocycles. The Hall–Kier alpha value is -2.63. The first kappa shape index (κ1) is 13.8. The molecule has 1 aromatic carbocycles. The number of carboxylic acids is 1. The van der Waals surface area contributed by atoms with Gasteiger partial charge in [-0.25, -0.2) is 4.79 Å². The molecule has 0 saturated carbocycles. The van der Waals surface area contributed by atoms with Crippen molar-refractivity contribution in [1.82, 2.24) is 9.78 Å². The zero-order valence-electron chi connectivity index (χ0n) is 11.2. The van der Waals surface area contributed by atoms with Gasteiger partial charge < -0.3 is 10.4 Å². The summed E-state index contributed by atoms with van der Waals surface area (Å²) in [5.74, 6) is -1.37. The lowest BCUT2D eigenvalue weighted by Crippen LogP contribution is -2.24. The van der Waals surface area contributed by atoms with E-state index in [9.17, 15) is 9.59 Å². The van der Waals surface area contributed by atoms with Crippen LogP contribution in [0.15, 0.2) is 36.5 Å². The van der Waals surface area contributed by atoms with Gasteiger partial charge >= 0.3 is 5.97 Å². The average Bonchev–Trinajstić information content (AvgIpc) is 2.87. The average molecular weight is 273 g/mol. The van der Waals surface area contributed by atoms with Crippen LogP contribution >= 0.6 is 0 Å². The molecule has 0 aliphatic heterocycles. The molecule has 0 fully saturated rings. The van der Waals surface area contributed by atoms with E-state index >= 15 is 0 Å². The number of aromatic carboxylic acids is 1. The molecule has 2 rings (SSSR count). The van der Waals surface area contributed by atoms with Crippen molar-refractivity contribution >= 4 is 17.6 Å². The van der Waals surface area contributed by atoms with Gasteiger partial charge in [0.15, 0.2) is 5.69 Å². The Bertz CT molecular complexity index is 649. The molecular formula is C14H15N3O3. The van der Waals surface area contributed by atoms with Gasteiger partial charge in [-0.05, 0) is 37.6 Å². The Morgan fingerprint density at radius 3 is 2.70 bits per heavy atom. The summed E-state index contributed by atoms with van der Waals surface area (Å²) in [6, 6.07) is 8.21. The second-order valence-electron chi connectivity index (χ2n) is 4.52. The third-order valence-corrected chi connectivity index (χ3v) is 2.89. The number of nitrogens with zero attached hydrogens (tertiary/aromatic N) is 2. The number of carbonyl (C=O) groups is 2. The summed E-state index contributed by atoms with van der Waals surface area (Å²) in [7, 11) is 0. The van der Waals surface area contributed by atoms with E-state index in [-0.39, 0.29) is 11.6 Å². The molecule has 0 spiro atoms. The quantitative estimate of drug-likeness (QED) is 0.893. The minimum Gasteiger partial charge on any atom is -0.476 e. The first-order chi connectivity index (χ1) is 9.47. The van der Waals surface area contributed by atoms with Crippen LogP contribution in [-0.4, -0.2) is 26.8 Å². The molecule has 0 saturated heterocycles. The minimum absolute atomic E-state index is 0.0831. The number of carboxylic acid groups (broad SMARTS) is 1. The van der Waals surface area contributed by atoms with Crippen LogP contribution in [0.2, 0.25) is 0 Å². The van der Waals surface area contributed by atoms with Crippen LogP contribution in [-0.2, 0) is 4.79 Å². The van der Waals surface area contributed by atoms with E-state index in [0.29, 0.717) is 5.69 Å². The van der Waals surface area contributed by atoms with Gasteiger partial charge in [0, 0.05) is 11.9 Å². The second-order valence-corrected chi connectivity index (χ2v) is 4.52. The van der Waals surface area contributed by atoms with Crippen molar-refractivity contribution in [3.05, 3.63) is 47.8 Å². The van der Waals surface area contributed by atoms with E-state index in [0.717, 1.165) is 5.56 Å². The zero-order valence-corrected chi connectivity index (χ0v) is 11.2. The van der Waals surface area contributed by atoms with Crippen LogP contribution in [0.4, 0.5) is 5.69 Å². The normalized spacial score (nSPS) is 11.9. The maximum Gasteiger partial charge on any atom is 0.356 e. The summed E-state index contributed by atoms with van der Waals surface area (Å²) in [6.45, 7) is 3.59. The number of nitrogens with one attached hydrogen (secondary N) is 1. The standard InChI is InChI=1S/C14H15N3O3/c1-9-4-3-5-11(8-9)15-13(18)10(2)17-7-6-12(16-17)14(19)20/h3-8,10H,1-2H3,(H,15,18)(H,19,20). The molecule has 1 aromatic heterocycles. The highest BCUT2D eigenvalue weighted by molar-refractivity contribution is 5.93. The Morgan fingerprint density at radius 1 is 1.35 bits per heavy atom. The second kappa shape index (κ2) is 5.56. The van der Waals surface area contributed by atoms with Gasteiger partial charge in [-0.15, -0.1) is 0 Å². The van der Waals surface area contributed by atoms with E-state index in [1.165, 1.54) is 16.9 Å². The Kier molecular flexibility index (Phi) is 3.84. The van der Waals surface area contributed by atoms with Gasteiger partial charge in [0.25, 0.3) is 0 Å². The molecule has 2 N–H and O–H groups in total. The molecule has 0 bridgehead atoms. The summed E-state index contributed by atoms with van der Waals surface area (Å²) in [6.07, 6.45) is 1.48. The number of hydrogen-bond donors (Lipinski definition) is 2. The lowest BCUT2D eigenvalue weighted by Gasteiger charge is -2.13. The molecule has 1 unspecified atom stereocenters. The van der Waals surface area contributed by atoms with E-state index < -0.39 is 12.0 Å². The largest absolute Gasteiger partial charge is 0.476 e. The lowest BCUT2D eigenvalue weighted by atomic mass is 10.2. The van der Waals surface area contributed by atoms with Gasteiger partial charge in [0.05, 0.1) is 0 Å². The van der Waals surface area contributed by atoms with Crippen molar-refractivity contribution in [1.29, 1.82) is 0 Å². The Balaban J connectivity index is 2.10. The Labute approximate surface area is 116 Å². The summed E-state index contributed by atoms with van der Waals surface area (Å²) < 4.78 is 1.33. The molecule has 2 aromatic rings. The smallest absolute Gasteiger partial charge is 0.356 e. The van der Waals surface area contributed by atoms with Crippen molar-refractivity contribution in [2.24, 2.45) is 0 Å². The monoisotopic (exact) mass is 273 g/mol. The van der Waals surface area contributed by atoms with Crippen LogP contribution in [0.3, 0.4) is 0 Å². The number of anilines is 1. The SMILES string of the molecule is Cc1cccc(NC(=O)C(C)n2ccc(C(=O)O)n2)c1. The van der Waals surface area contributed by atoms with Crippen molar-refractivity contribution in [2.75, 3.05) is 5.32 Å². The van der Waals surface area contributed by atoms with Crippen LogP contribution in [0.1, 0.15) is 29.0 Å². The first-order valence-electron chi connectivity index (χ1n) is 6.13. The van der Waals surface area contributed by atoms with Crippen molar-refractivity contribution in [3.63, 3.8) is 0 Å². The number of carbonyl (C=O) groups excluding carboxylic acids is 1.